The van der Waals surface area contributed by atoms with Crippen molar-refractivity contribution in [3.63, 3.8) is 0 Å². The van der Waals surface area contributed by atoms with E-state index in [2.05, 4.69) is 66.2 Å². The van der Waals surface area contributed by atoms with Gasteiger partial charge < -0.3 is 0 Å². The van der Waals surface area contributed by atoms with Gasteiger partial charge in [0.2, 0.25) is 0 Å². The van der Waals surface area contributed by atoms with Crippen molar-refractivity contribution < 1.29 is 0 Å². The molecule has 16 heavy (non-hydrogen) atoms. The third-order valence-corrected chi connectivity index (χ3v) is 4.76. The van der Waals surface area contributed by atoms with Gasteiger partial charge in [-0.2, -0.15) is 11.3 Å². The molecular formula is C15H26S. The fraction of sp³-hybridized carbons (Fsp3) is 0.733. The first-order valence-electron chi connectivity index (χ1n) is 6.05. The average molecular weight is 238 g/mol. The lowest BCUT2D eigenvalue weighted by molar-refractivity contribution is 0.223. The molecule has 0 bridgehead atoms. The summed E-state index contributed by atoms with van der Waals surface area (Å²) in [5.74, 6) is 0. The SMILES string of the molecule is CC(C)(C)c1cscc1C(C)(C)C(C)(C)C. The molecule has 1 heteroatoms. The minimum atomic E-state index is 0.218. The van der Waals surface area contributed by atoms with Crippen molar-refractivity contribution in [3.8, 4) is 0 Å². The number of thiophene rings is 1. The van der Waals surface area contributed by atoms with Crippen LogP contribution in [-0.2, 0) is 10.8 Å². The Morgan fingerprint density at radius 3 is 1.56 bits per heavy atom. The minimum absolute atomic E-state index is 0.218. The average Bonchev–Trinajstić information content (AvgIpc) is 2.47. The molecule has 0 radical (unpaired) electrons. The summed E-state index contributed by atoms with van der Waals surface area (Å²) >= 11 is 1.84. The zero-order chi connectivity index (χ0) is 12.8. The Labute approximate surface area is 105 Å². The van der Waals surface area contributed by atoms with Gasteiger partial charge in [-0.15, -0.1) is 0 Å². The first-order chi connectivity index (χ1) is 6.98. The fourth-order valence-electron chi connectivity index (χ4n) is 1.77. The summed E-state index contributed by atoms with van der Waals surface area (Å²) in [7, 11) is 0. The number of rotatable bonds is 1. The fourth-order valence-corrected chi connectivity index (χ4v) is 3.01. The van der Waals surface area contributed by atoms with Crippen LogP contribution >= 0.6 is 11.3 Å². The lowest BCUT2D eigenvalue weighted by Gasteiger charge is -2.41. The molecule has 0 amide bonds. The van der Waals surface area contributed by atoms with Crippen molar-refractivity contribution in [1.29, 1.82) is 0 Å². The molecule has 0 fully saturated rings. The zero-order valence-electron chi connectivity index (χ0n) is 12.1. The highest BCUT2D eigenvalue weighted by atomic mass is 32.1. The Bertz CT molecular complexity index is 356. The van der Waals surface area contributed by atoms with Gasteiger partial charge in [-0.05, 0) is 38.1 Å². The molecule has 0 N–H and O–H groups in total. The van der Waals surface area contributed by atoms with E-state index in [0.717, 1.165) is 0 Å². The van der Waals surface area contributed by atoms with E-state index < -0.39 is 0 Å². The molecule has 0 aliphatic rings. The van der Waals surface area contributed by atoms with E-state index in [1.165, 1.54) is 11.1 Å². The van der Waals surface area contributed by atoms with Crippen LogP contribution in [0.3, 0.4) is 0 Å². The Morgan fingerprint density at radius 1 is 0.750 bits per heavy atom. The summed E-state index contributed by atoms with van der Waals surface area (Å²) < 4.78 is 0. The van der Waals surface area contributed by atoms with E-state index in [0.29, 0.717) is 0 Å². The summed E-state index contributed by atoms with van der Waals surface area (Å²) in [6.45, 7) is 18.6. The highest BCUT2D eigenvalue weighted by Gasteiger charge is 2.38. The predicted molar refractivity (Wildman–Crippen MR) is 75.5 cm³/mol. The minimum Gasteiger partial charge on any atom is -0.152 e. The summed E-state index contributed by atoms with van der Waals surface area (Å²) in [4.78, 5) is 0. The Morgan fingerprint density at radius 2 is 1.19 bits per heavy atom. The molecule has 1 heterocycles. The van der Waals surface area contributed by atoms with Crippen LogP contribution in [0.5, 0.6) is 0 Å². The van der Waals surface area contributed by atoms with E-state index in [4.69, 9.17) is 0 Å². The molecule has 0 aliphatic carbocycles. The highest BCUT2D eigenvalue weighted by Crippen LogP contribution is 2.45. The second kappa shape index (κ2) is 3.87. The molecule has 1 aromatic rings. The lowest BCUT2D eigenvalue weighted by Crippen LogP contribution is -2.35. The van der Waals surface area contributed by atoms with Crippen molar-refractivity contribution in [2.45, 2.75) is 66.2 Å². The van der Waals surface area contributed by atoms with Crippen molar-refractivity contribution in [1.82, 2.24) is 0 Å². The molecule has 92 valence electrons. The van der Waals surface area contributed by atoms with Gasteiger partial charge in [-0.1, -0.05) is 55.4 Å². The van der Waals surface area contributed by atoms with Crippen LogP contribution in [0.1, 0.15) is 66.5 Å². The van der Waals surface area contributed by atoms with Gasteiger partial charge in [0, 0.05) is 0 Å². The maximum Gasteiger partial charge on any atom is -0.00439 e. The van der Waals surface area contributed by atoms with Crippen molar-refractivity contribution >= 4 is 11.3 Å². The third-order valence-electron chi connectivity index (χ3n) is 4.02. The molecule has 0 unspecified atom stereocenters. The van der Waals surface area contributed by atoms with Crippen LogP contribution in [0.25, 0.3) is 0 Å². The molecule has 1 aromatic heterocycles. The summed E-state index contributed by atoms with van der Waals surface area (Å²) in [5, 5.41) is 4.66. The van der Waals surface area contributed by atoms with Gasteiger partial charge >= 0.3 is 0 Å². The number of hydrogen-bond donors (Lipinski definition) is 0. The molecule has 0 nitrogen and oxygen atoms in total. The molecule has 0 saturated heterocycles. The van der Waals surface area contributed by atoms with E-state index in [1.54, 1.807) is 0 Å². The third kappa shape index (κ3) is 2.34. The molecule has 0 aromatic carbocycles. The quantitative estimate of drug-likeness (QED) is 0.617. The molecule has 0 aliphatic heterocycles. The molecule has 0 atom stereocenters. The van der Waals surface area contributed by atoms with Gasteiger partial charge in [-0.25, -0.2) is 0 Å². The predicted octanol–water partition coefficient (Wildman–Crippen LogP) is 5.37. The van der Waals surface area contributed by atoms with Crippen LogP contribution in [0.2, 0.25) is 0 Å². The second-order valence-corrected chi connectivity index (χ2v) is 8.07. The first-order valence-corrected chi connectivity index (χ1v) is 6.99. The van der Waals surface area contributed by atoms with Gasteiger partial charge in [-0.3, -0.25) is 0 Å². The van der Waals surface area contributed by atoms with Crippen LogP contribution in [0.15, 0.2) is 10.8 Å². The summed E-state index contributed by atoms with van der Waals surface area (Å²) in [6, 6.07) is 0. The van der Waals surface area contributed by atoms with Gasteiger partial charge in [0.25, 0.3) is 0 Å². The van der Waals surface area contributed by atoms with Crippen LogP contribution in [0.4, 0.5) is 0 Å². The normalized spacial score (nSPS) is 14.2. The van der Waals surface area contributed by atoms with Crippen LogP contribution < -0.4 is 0 Å². The van der Waals surface area contributed by atoms with E-state index >= 15 is 0 Å². The Balaban J connectivity index is 3.31. The second-order valence-electron chi connectivity index (χ2n) is 7.32. The molecule has 1 rings (SSSR count). The standard InChI is InChI=1S/C15H26S/c1-13(2,3)11-9-16-10-12(11)15(7,8)14(4,5)6/h9-10H,1-8H3. The van der Waals surface area contributed by atoms with Crippen molar-refractivity contribution in [2.24, 2.45) is 5.41 Å². The molecule has 0 spiro atoms. The van der Waals surface area contributed by atoms with Gasteiger partial charge in [0.15, 0.2) is 0 Å². The lowest BCUT2D eigenvalue weighted by atomic mass is 9.63. The maximum atomic E-state index is 2.37. The van der Waals surface area contributed by atoms with Crippen LogP contribution in [0, 0.1) is 5.41 Å². The van der Waals surface area contributed by atoms with Crippen molar-refractivity contribution in [3.05, 3.63) is 21.9 Å². The monoisotopic (exact) mass is 238 g/mol. The number of hydrogen-bond acceptors (Lipinski definition) is 1. The van der Waals surface area contributed by atoms with Crippen molar-refractivity contribution in [2.75, 3.05) is 0 Å². The summed E-state index contributed by atoms with van der Waals surface area (Å²) in [5.41, 5.74) is 3.79. The first kappa shape index (κ1) is 13.8. The topological polar surface area (TPSA) is 0 Å². The van der Waals surface area contributed by atoms with E-state index in [-0.39, 0.29) is 16.2 Å². The Kier molecular flexibility index (Phi) is 3.33. The maximum absolute atomic E-state index is 2.37. The van der Waals surface area contributed by atoms with E-state index in [9.17, 15) is 0 Å². The van der Waals surface area contributed by atoms with Gasteiger partial charge in [0.05, 0.1) is 0 Å². The summed E-state index contributed by atoms with van der Waals surface area (Å²) in [6.07, 6.45) is 0. The van der Waals surface area contributed by atoms with E-state index in [1.807, 2.05) is 11.3 Å². The Hall–Kier alpha value is -0.300. The molecular weight excluding hydrogens is 212 g/mol. The zero-order valence-corrected chi connectivity index (χ0v) is 12.9. The largest absolute Gasteiger partial charge is 0.152 e. The highest BCUT2D eigenvalue weighted by molar-refractivity contribution is 7.08. The van der Waals surface area contributed by atoms with Gasteiger partial charge in [0.1, 0.15) is 0 Å². The van der Waals surface area contributed by atoms with Crippen LogP contribution in [-0.4, -0.2) is 0 Å². The molecule has 0 saturated carbocycles. The smallest absolute Gasteiger partial charge is 0.00439 e.